The largest absolute Gasteiger partial charge is 0.573 e. The zero-order chi connectivity index (χ0) is 20.0. The fraction of sp³-hybridized carbons (Fsp3) is 0.583. The highest BCUT2D eigenvalue weighted by Crippen LogP contribution is 2.42. The first-order valence-electron chi connectivity index (χ1n) is 10.6. The van der Waals surface area contributed by atoms with E-state index in [4.69, 9.17) is 0 Å². The lowest BCUT2D eigenvalue weighted by molar-refractivity contribution is -0.274. The summed E-state index contributed by atoms with van der Waals surface area (Å²) in [5, 5.41) is 0. The first-order valence-corrected chi connectivity index (χ1v) is 10.6. The average molecular weight is 395 g/mol. The minimum atomic E-state index is -4.63. The molecule has 0 N–H and O–H groups in total. The molecule has 28 heavy (non-hydrogen) atoms. The molecule has 0 amide bonds. The van der Waals surface area contributed by atoms with Crippen LogP contribution in [-0.4, -0.2) is 6.36 Å². The summed E-state index contributed by atoms with van der Waals surface area (Å²) in [5.41, 5.74) is 2.27. The Morgan fingerprint density at radius 2 is 1.75 bits per heavy atom. The molecule has 0 heterocycles. The predicted octanol–water partition coefficient (Wildman–Crippen LogP) is 8.18. The van der Waals surface area contributed by atoms with E-state index in [1.165, 1.54) is 62.7 Å². The molecule has 1 aromatic carbocycles. The van der Waals surface area contributed by atoms with E-state index in [0.717, 1.165) is 36.2 Å². The Labute approximate surface area is 168 Å². The third-order valence-corrected chi connectivity index (χ3v) is 6.45. The van der Waals surface area contributed by atoms with Crippen molar-refractivity contribution in [1.29, 1.82) is 0 Å². The van der Waals surface area contributed by atoms with Gasteiger partial charge < -0.3 is 4.74 Å². The fourth-order valence-electron chi connectivity index (χ4n) is 4.86. The summed E-state index contributed by atoms with van der Waals surface area (Å²) in [4.78, 5) is 0. The van der Waals surface area contributed by atoms with Gasteiger partial charge in [0.1, 0.15) is 5.75 Å². The van der Waals surface area contributed by atoms with E-state index >= 15 is 0 Å². The molecule has 1 atom stereocenters. The first kappa shape index (κ1) is 21.0. The third-order valence-electron chi connectivity index (χ3n) is 6.45. The van der Waals surface area contributed by atoms with Crippen LogP contribution in [0.25, 0.3) is 5.57 Å². The molecule has 0 spiro atoms. The van der Waals surface area contributed by atoms with Crippen LogP contribution in [0.5, 0.6) is 5.75 Å². The van der Waals surface area contributed by atoms with Crippen LogP contribution in [0.2, 0.25) is 0 Å². The predicted molar refractivity (Wildman–Crippen MR) is 110 cm³/mol. The normalized spacial score (nSPS) is 26.3. The standard InChI is InChI=1S/C24H31F3O.H2/c1-2-3-4-5-18-6-8-19(9-7-18)20-10-12-21(13-11-20)22-14-16-23(17-15-22)28-24(25,26)27;/h2-3,12,14-20H,4-11,13H2,1H3;1H/b3-2+;. The van der Waals surface area contributed by atoms with E-state index in [-0.39, 0.29) is 7.18 Å². The molecule has 4 heteroatoms. The smallest absolute Gasteiger partial charge is 0.406 e. The van der Waals surface area contributed by atoms with Crippen molar-refractivity contribution >= 4 is 5.57 Å². The van der Waals surface area contributed by atoms with Gasteiger partial charge in [0.15, 0.2) is 0 Å². The molecule has 156 valence electrons. The highest BCUT2D eigenvalue weighted by molar-refractivity contribution is 5.66. The van der Waals surface area contributed by atoms with Crippen molar-refractivity contribution in [3.63, 3.8) is 0 Å². The molecule has 0 aliphatic heterocycles. The molecule has 0 bridgehead atoms. The Bertz CT molecular complexity index is 670. The van der Waals surface area contributed by atoms with Crippen LogP contribution < -0.4 is 4.74 Å². The van der Waals surface area contributed by atoms with Gasteiger partial charge in [-0.05, 0) is 92.9 Å². The van der Waals surface area contributed by atoms with E-state index in [1.54, 1.807) is 12.1 Å². The third kappa shape index (κ3) is 6.15. The van der Waals surface area contributed by atoms with Crippen LogP contribution >= 0.6 is 0 Å². The zero-order valence-electron chi connectivity index (χ0n) is 16.7. The summed E-state index contributed by atoms with van der Waals surface area (Å²) in [6.45, 7) is 2.09. The Kier molecular flexibility index (Phi) is 7.25. The van der Waals surface area contributed by atoms with Gasteiger partial charge in [-0.2, -0.15) is 0 Å². The van der Waals surface area contributed by atoms with E-state index < -0.39 is 6.36 Å². The van der Waals surface area contributed by atoms with Crippen LogP contribution in [0.1, 0.15) is 71.7 Å². The number of benzene rings is 1. The van der Waals surface area contributed by atoms with Crippen molar-refractivity contribution in [2.24, 2.45) is 17.8 Å². The summed E-state index contributed by atoms with van der Waals surface area (Å²) >= 11 is 0. The molecule has 1 fully saturated rings. The Balaban J connectivity index is 0.00000300. The van der Waals surface area contributed by atoms with Crippen molar-refractivity contribution < 1.29 is 19.3 Å². The topological polar surface area (TPSA) is 9.23 Å². The highest BCUT2D eigenvalue weighted by Gasteiger charge is 2.31. The van der Waals surface area contributed by atoms with E-state index in [0.29, 0.717) is 0 Å². The molecular formula is C24H33F3O. The van der Waals surface area contributed by atoms with Crippen LogP contribution in [0.4, 0.5) is 13.2 Å². The number of alkyl halides is 3. The van der Waals surface area contributed by atoms with Crippen molar-refractivity contribution in [1.82, 2.24) is 0 Å². The quantitative estimate of drug-likeness (QED) is 0.442. The van der Waals surface area contributed by atoms with Gasteiger partial charge in [-0.15, -0.1) is 13.2 Å². The SMILES string of the molecule is C/C=C/CCC1CCC(C2CC=C(c3ccc(OC(F)(F)F)cc3)CC2)CC1.[HH]. The van der Waals surface area contributed by atoms with E-state index in [2.05, 4.69) is 29.9 Å². The molecule has 3 rings (SSSR count). The van der Waals surface area contributed by atoms with Crippen molar-refractivity contribution in [3.05, 3.63) is 48.1 Å². The van der Waals surface area contributed by atoms with Crippen molar-refractivity contribution in [2.45, 2.75) is 71.1 Å². The maximum atomic E-state index is 12.3. The number of ether oxygens (including phenoxy) is 1. The Morgan fingerprint density at radius 3 is 2.32 bits per heavy atom. The maximum absolute atomic E-state index is 12.3. The lowest BCUT2D eigenvalue weighted by atomic mass is 9.70. The van der Waals surface area contributed by atoms with Gasteiger partial charge in [-0.25, -0.2) is 0 Å². The van der Waals surface area contributed by atoms with Gasteiger partial charge in [-0.3, -0.25) is 0 Å². The van der Waals surface area contributed by atoms with Crippen LogP contribution in [-0.2, 0) is 0 Å². The second kappa shape index (κ2) is 9.67. The van der Waals surface area contributed by atoms with Crippen LogP contribution in [0, 0.1) is 17.8 Å². The van der Waals surface area contributed by atoms with Crippen molar-refractivity contribution in [3.8, 4) is 5.75 Å². The summed E-state index contributed by atoms with van der Waals surface area (Å²) in [6.07, 6.45) is 13.4. The molecular weight excluding hydrogens is 361 g/mol. The molecule has 0 aromatic heterocycles. The maximum Gasteiger partial charge on any atom is 0.573 e. The molecule has 0 saturated heterocycles. The molecule has 0 radical (unpaired) electrons. The summed E-state index contributed by atoms with van der Waals surface area (Å²) in [7, 11) is 0. The van der Waals surface area contributed by atoms with Crippen molar-refractivity contribution in [2.75, 3.05) is 0 Å². The number of hydrogen-bond acceptors (Lipinski definition) is 1. The van der Waals surface area contributed by atoms with E-state index in [9.17, 15) is 13.2 Å². The monoisotopic (exact) mass is 394 g/mol. The Morgan fingerprint density at radius 1 is 1.04 bits per heavy atom. The van der Waals surface area contributed by atoms with Gasteiger partial charge in [0.25, 0.3) is 0 Å². The van der Waals surface area contributed by atoms with E-state index in [1.807, 2.05) is 0 Å². The lowest BCUT2D eigenvalue weighted by Gasteiger charge is -2.35. The van der Waals surface area contributed by atoms with Gasteiger partial charge in [-0.1, -0.05) is 43.2 Å². The minimum Gasteiger partial charge on any atom is -0.406 e. The molecule has 2 aliphatic rings. The average Bonchev–Trinajstić information content (AvgIpc) is 2.68. The highest BCUT2D eigenvalue weighted by atomic mass is 19.4. The van der Waals surface area contributed by atoms with Crippen LogP contribution in [0.15, 0.2) is 42.5 Å². The molecule has 1 saturated carbocycles. The first-order chi connectivity index (χ1) is 13.4. The molecule has 1 aromatic rings. The number of allylic oxidation sites excluding steroid dienone is 4. The number of hydrogen-bond donors (Lipinski definition) is 0. The summed E-state index contributed by atoms with van der Waals surface area (Å²) in [6, 6.07) is 6.29. The number of halogens is 3. The lowest BCUT2D eigenvalue weighted by Crippen LogP contribution is -2.23. The zero-order valence-corrected chi connectivity index (χ0v) is 16.7. The molecule has 2 aliphatic carbocycles. The Hall–Kier alpha value is -1.71. The molecule has 1 unspecified atom stereocenters. The second-order valence-corrected chi connectivity index (χ2v) is 8.26. The second-order valence-electron chi connectivity index (χ2n) is 8.26. The molecule has 1 nitrogen and oxygen atoms in total. The van der Waals surface area contributed by atoms with Gasteiger partial charge in [0.2, 0.25) is 0 Å². The number of rotatable bonds is 6. The minimum absolute atomic E-state index is 0. The summed E-state index contributed by atoms with van der Waals surface area (Å²) in [5.74, 6) is 2.36. The van der Waals surface area contributed by atoms with Gasteiger partial charge >= 0.3 is 6.36 Å². The summed E-state index contributed by atoms with van der Waals surface area (Å²) < 4.78 is 40.8. The van der Waals surface area contributed by atoms with Crippen LogP contribution in [0.3, 0.4) is 0 Å². The van der Waals surface area contributed by atoms with Gasteiger partial charge in [0, 0.05) is 1.43 Å². The fourth-order valence-corrected chi connectivity index (χ4v) is 4.86. The van der Waals surface area contributed by atoms with Gasteiger partial charge in [0.05, 0.1) is 0 Å².